The van der Waals surface area contributed by atoms with Crippen LogP contribution in [0.5, 0.6) is 0 Å². The van der Waals surface area contributed by atoms with Crippen LogP contribution in [0.2, 0.25) is 0 Å². The second-order valence-corrected chi connectivity index (χ2v) is 19.4. The van der Waals surface area contributed by atoms with Crippen LogP contribution in [0.25, 0.3) is 22.3 Å². The second kappa shape index (κ2) is 22.3. The number of anilines is 1. The number of aliphatic hydroxyl groups is 1. The van der Waals surface area contributed by atoms with Crippen LogP contribution in [-0.2, 0) is 80.2 Å². The lowest BCUT2D eigenvalue weighted by molar-refractivity contribution is -0.157. The monoisotopic (exact) mass is 1040 g/mol. The molecule has 6 N–H and O–H groups in total. The maximum atomic E-state index is 15.3. The molecule has 1 aliphatic carbocycles. The van der Waals surface area contributed by atoms with E-state index in [9.17, 15) is 48.3 Å². The summed E-state index contributed by atoms with van der Waals surface area (Å²) in [7, 11) is 0. The first kappa shape index (κ1) is 52.1. The third-order valence-electron chi connectivity index (χ3n) is 13.9. The van der Waals surface area contributed by atoms with Crippen LogP contribution in [0.15, 0.2) is 71.5 Å². The standard InChI is InChI=1S/C53H53FN8O12S/c1-27-32-15-12-30(46-34-23-61-39(48(34)60-37(47(32)46)18-36(27)54)17-33-35(51(61)70)25-74-53(72)49(33)68)24-73-26-58-43(65)21-57-50(69)38(16-29-6-3-2-4-7-29)59-44(66)22-56-42(64)20-55-41(63)9-5-8-28-10-13-31(14-11-28)62-45(67)19-40(75)52(62)71/h2-4,6-7,10-11,13-14,17-18,30,38,40,49,68,75H,5,8-9,12,15-16,19-26H2,1H3,(H,55,63)(H,56,64)(H,57,69)(H,58,65)(H,59,66). The summed E-state index contributed by atoms with van der Waals surface area (Å²) in [6, 6.07) is 17.5. The SMILES string of the molecule is Cc1c(F)cc2nc3c(c4c2c1CCC4COCNC(=O)CNC(=O)C(Cc1ccccc1)NC(=O)CNC(=O)CNC(=O)CCCc1ccc(N2C(=O)CC(S)C2=O)cc1)Cn1c-3cc2c(c1=O)COC(=O)C2O. The summed E-state index contributed by atoms with van der Waals surface area (Å²) < 4.78 is 27.9. The van der Waals surface area contributed by atoms with E-state index in [1.165, 1.54) is 10.6 Å². The number of fused-ring (bicyclic) bond motifs is 5. The lowest BCUT2D eigenvalue weighted by Gasteiger charge is -2.29. The number of hydrogen-bond donors (Lipinski definition) is 7. The fourth-order valence-corrected chi connectivity index (χ4v) is 10.3. The van der Waals surface area contributed by atoms with Gasteiger partial charge in [0, 0.05) is 47.8 Å². The predicted molar refractivity (Wildman–Crippen MR) is 270 cm³/mol. The molecule has 3 aromatic carbocycles. The van der Waals surface area contributed by atoms with Gasteiger partial charge in [0.2, 0.25) is 41.4 Å². The van der Waals surface area contributed by atoms with Crippen molar-refractivity contribution in [2.45, 2.75) is 88.3 Å². The number of ether oxygens (including phenoxy) is 2. The Balaban J connectivity index is 0.739. The number of carbonyl (C=O) groups is 8. The summed E-state index contributed by atoms with van der Waals surface area (Å²) in [6.07, 6.45) is 0.629. The highest BCUT2D eigenvalue weighted by molar-refractivity contribution is 7.82. The smallest absolute Gasteiger partial charge is 0.340 e. The summed E-state index contributed by atoms with van der Waals surface area (Å²) in [5, 5.41) is 23.5. The van der Waals surface area contributed by atoms with Crippen molar-refractivity contribution in [3.05, 3.63) is 127 Å². The number of nitrogens with one attached hydrogen (secondary N) is 5. The van der Waals surface area contributed by atoms with E-state index in [4.69, 9.17) is 14.5 Å². The van der Waals surface area contributed by atoms with Crippen molar-refractivity contribution in [3.8, 4) is 11.4 Å². The number of aryl methyl sites for hydroxylation is 2. The maximum absolute atomic E-state index is 15.3. The summed E-state index contributed by atoms with van der Waals surface area (Å²) in [5.41, 5.74) is 6.00. The Bertz CT molecular complexity index is 3220. The van der Waals surface area contributed by atoms with E-state index >= 15 is 4.39 Å². The minimum absolute atomic E-state index is 0.0422. The summed E-state index contributed by atoms with van der Waals surface area (Å²) in [6.45, 7) is 0.0936. The molecule has 4 unspecified atom stereocenters. The average Bonchev–Trinajstić information content (AvgIpc) is 3.92. The van der Waals surface area contributed by atoms with Crippen LogP contribution >= 0.6 is 12.6 Å². The first-order valence-corrected chi connectivity index (χ1v) is 25.0. The van der Waals surface area contributed by atoms with Crippen LogP contribution in [-0.4, -0.2) is 106 Å². The zero-order chi connectivity index (χ0) is 53.1. The van der Waals surface area contributed by atoms with Crippen LogP contribution in [0.4, 0.5) is 10.1 Å². The molecule has 75 heavy (non-hydrogen) atoms. The number of benzene rings is 3. The Labute approximate surface area is 433 Å². The van der Waals surface area contributed by atoms with Crippen LogP contribution in [0.1, 0.15) is 82.2 Å². The topological polar surface area (TPSA) is 274 Å². The molecule has 9 rings (SSSR count). The molecule has 5 aromatic rings. The third-order valence-corrected chi connectivity index (χ3v) is 14.3. The molecule has 0 bridgehead atoms. The molecular formula is C53H53FN8O12S. The molecule has 390 valence electrons. The Hall–Kier alpha value is -7.82. The summed E-state index contributed by atoms with van der Waals surface area (Å²) in [5.74, 6) is -5.21. The van der Waals surface area contributed by atoms with Gasteiger partial charge >= 0.3 is 5.97 Å². The number of cyclic esters (lactones) is 1. The van der Waals surface area contributed by atoms with E-state index in [-0.39, 0.29) is 80.5 Å². The van der Waals surface area contributed by atoms with Gasteiger partial charge in [-0.2, -0.15) is 12.6 Å². The molecule has 2 aromatic heterocycles. The average molecular weight is 1050 g/mol. The molecule has 4 atom stereocenters. The van der Waals surface area contributed by atoms with Gasteiger partial charge in [0.1, 0.15) is 25.2 Å². The number of aromatic nitrogens is 2. The number of thiol groups is 1. The maximum Gasteiger partial charge on any atom is 0.340 e. The number of hydrogen-bond acceptors (Lipinski definition) is 14. The fourth-order valence-electron chi connectivity index (χ4n) is 10.0. The van der Waals surface area contributed by atoms with Crippen LogP contribution in [0.3, 0.4) is 0 Å². The number of rotatable bonds is 19. The van der Waals surface area contributed by atoms with Crippen molar-refractivity contribution < 1.29 is 57.3 Å². The Morgan fingerprint density at radius 2 is 1.60 bits per heavy atom. The summed E-state index contributed by atoms with van der Waals surface area (Å²) in [4.78, 5) is 121. The zero-order valence-electron chi connectivity index (χ0n) is 40.7. The molecule has 0 radical (unpaired) electrons. The lowest BCUT2D eigenvalue weighted by Crippen LogP contribution is -2.52. The van der Waals surface area contributed by atoms with Crippen molar-refractivity contribution in [2.75, 3.05) is 37.9 Å². The molecule has 0 saturated carbocycles. The van der Waals surface area contributed by atoms with Gasteiger partial charge in [-0.15, -0.1) is 0 Å². The first-order chi connectivity index (χ1) is 36.1. The number of imide groups is 1. The quantitative estimate of drug-likeness (QED) is 0.0201. The molecule has 1 fully saturated rings. The zero-order valence-corrected chi connectivity index (χ0v) is 41.6. The van der Waals surface area contributed by atoms with E-state index in [2.05, 4.69) is 39.2 Å². The first-order valence-electron chi connectivity index (χ1n) is 24.4. The molecule has 22 heteroatoms. The molecule has 20 nitrogen and oxygen atoms in total. The summed E-state index contributed by atoms with van der Waals surface area (Å²) >= 11 is 4.15. The number of aliphatic hydroxyl groups excluding tert-OH is 1. The van der Waals surface area contributed by atoms with Gasteiger partial charge in [0.15, 0.2) is 6.10 Å². The van der Waals surface area contributed by atoms with Gasteiger partial charge in [-0.25, -0.2) is 19.1 Å². The fraction of sp³-hybridized carbons (Fsp3) is 0.358. The Morgan fingerprint density at radius 1 is 0.880 bits per heavy atom. The molecule has 5 heterocycles. The number of amides is 7. The lowest BCUT2D eigenvalue weighted by atomic mass is 9.78. The van der Waals surface area contributed by atoms with E-state index in [1.807, 2.05) is 0 Å². The van der Waals surface area contributed by atoms with Gasteiger partial charge in [-0.05, 0) is 78.6 Å². The number of carbonyl (C=O) groups excluding carboxylic acids is 8. The molecule has 7 amide bonds. The van der Waals surface area contributed by atoms with Crippen molar-refractivity contribution >= 4 is 76.5 Å². The Kier molecular flexibility index (Phi) is 15.5. The van der Waals surface area contributed by atoms with E-state index < -0.39 is 78.0 Å². The number of halogens is 1. The third kappa shape index (κ3) is 11.2. The predicted octanol–water partition coefficient (Wildman–Crippen LogP) is 1.74. The number of pyridine rings is 2. The molecule has 1 saturated heterocycles. The Morgan fingerprint density at radius 3 is 2.35 bits per heavy atom. The van der Waals surface area contributed by atoms with Gasteiger partial charge in [-0.3, -0.25) is 38.4 Å². The number of nitrogens with zero attached hydrogens (tertiary/aromatic N) is 3. The molecule has 3 aliphatic heterocycles. The van der Waals surface area contributed by atoms with Gasteiger partial charge in [-0.1, -0.05) is 42.5 Å². The van der Waals surface area contributed by atoms with Crippen molar-refractivity contribution in [1.29, 1.82) is 0 Å². The number of esters is 1. The second-order valence-electron chi connectivity index (χ2n) is 18.8. The minimum atomic E-state index is -1.64. The largest absolute Gasteiger partial charge is 0.458 e. The van der Waals surface area contributed by atoms with Crippen LogP contribution in [0, 0.1) is 12.7 Å². The van der Waals surface area contributed by atoms with E-state index in [0.29, 0.717) is 59.4 Å². The van der Waals surface area contributed by atoms with E-state index in [1.54, 1.807) is 67.6 Å². The molecular weight excluding hydrogens is 992 g/mol. The molecule has 4 aliphatic rings. The van der Waals surface area contributed by atoms with Crippen molar-refractivity contribution in [2.24, 2.45) is 0 Å². The highest BCUT2D eigenvalue weighted by atomic mass is 32.1. The van der Waals surface area contributed by atoms with Gasteiger partial charge in [0.25, 0.3) is 5.56 Å². The van der Waals surface area contributed by atoms with Gasteiger partial charge in [0.05, 0.1) is 66.2 Å². The highest BCUT2D eigenvalue weighted by Crippen LogP contribution is 2.46. The molecule has 0 spiro atoms. The van der Waals surface area contributed by atoms with Crippen molar-refractivity contribution in [3.63, 3.8) is 0 Å². The highest BCUT2D eigenvalue weighted by Gasteiger charge is 2.39. The van der Waals surface area contributed by atoms with Gasteiger partial charge < -0.3 is 45.7 Å². The van der Waals surface area contributed by atoms with Crippen molar-refractivity contribution in [1.82, 2.24) is 36.1 Å². The van der Waals surface area contributed by atoms with Crippen LogP contribution < -0.4 is 37.0 Å². The normalized spacial score (nSPS) is 17.6. The van der Waals surface area contributed by atoms with E-state index in [0.717, 1.165) is 32.5 Å². The minimum Gasteiger partial charge on any atom is -0.458 e.